The van der Waals surface area contributed by atoms with E-state index in [-0.39, 0.29) is 6.04 Å². The number of rotatable bonds is 1. The lowest BCUT2D eigenvalue weighted by Gasteiger charge is -2.30. The van der Waals surface area contributed by atoms with E-state index in [1.807, 2.05) is 4.57 Å². The first-order chi connectivity index (χ1) is 9.16. The first kappa shape index (κ1) is 12.2. The predicted molar refractivity (Wildman–Crippen MR) is 68.2 cm³/mol. The molecule has 2 aromatic rings. The maximum absolute atomic E-state index is 10.9. The van der Waals surface area contributed by atoms with Crippen molar-refractivity contribution in [3.63, 3.8) is 0 Å². The Kier molecular flexibility index (Phi) is 2.98. The molecule has 0 unspecified atom stereocenters. The Morgan fingerprint density at radius 1 is 1.32 bits per heavy atom. The van der Waals surface area contributed by atoms with Crippen molar-refractivity contribution in [2.75, 3.05) is 13.1 Å². The molecule has 8 heteroatoms. The van der Waals surface area contributed by atoms with E-state index in [1.165, 1.54) is 11.2 Å². The molecule has 0 spiro atoms. The standard InChI is InChI=1S/C11H12ClN5O2/c12-9-8-10(14-5-13-9)17(6-15-8)7-1-3-16(4-2-7)11(18)19/h5-7H,1-4H2,(H,18,19). The van der Waals surface area contributed by atoms with Gasteiger partial charge < -0.3 is 14.6 Å². The molecular formula is C11H12ClN5O2. The van der Waals surface area contributed by atoms with E-state index in [1.54, 1.807) is 6.33 Å². The number of imidazole rings is 1. The normalized spacial score (nSPS) is 17.0. The zero-order valence-corrected chi connectivity index (χ0v) is 10.8. The highest BCUT2D eigenvalue weighted by Gasteiger charge is 2.25. The summed E-state index contributed by atoms with van der Waals surface area (Å²) >= 11 is 5.96. The summed E-state index contributed by atoms with van der Waals surface area (Å²) in [5.74, 6) is 0. The number of aromatic nitrogens is 4. The molecule has 0 saturated carbocycles. The molecule has 1 aliphatic heterocycles. The third-order valence-electron chi connectivity index (χ3n) is 3.44. The van der Waals surface area contributed by atoms with Gasteiger partial charge in [0.05, 0.1) is 6.33 Å². The van der Waals surface area contributed by atoms with E-state index < -0.39 is 6.09 Å². The van der Waals surface area contributed by atoms with Gasteiger partial charge in [0, 0.05) is 19.1 Å². The fraction of sp³-hybridized carbons (Fsp3) is 0.455. The van der Waals surface area contributed by atoms with Crippen molar-refractivity contribution in [3.8, 4) is 0 Å². The summed E-state index contributed by atoms with van der Waals surface area (Å²) in [6, 6.07) is 0.201. The summed E-state index contributed by atoms with van der Waals surface area (Å²) in [6.45, 7) is 1.05. The lowest BCUT2D eigenvalue weighted by molar-refractivity contribution is 0.126. The molecule has 0 aliphatic carbocycles. The van der Waals surface area contributed by atoms with Crippen LogP contribution in [0.1, 0.15) is 18.9 Å². The molecular weight excluding hydrogens is 270 g/mol. The maximum Gasteiger partial charge on any atom is 0.407 e. The summed E-state index contributed by atoms with van der Waals surface area (Å²) in [7, 11) is 0. The van der Waals surface area contributed by atoms with Crippen molar-refractivity contribution in [2.24, 2.45) is 0 Å². The number of piperidine rings is 1. The second-order valence-corrected chi connectivity index (χ2v) is 4.85. The predicted octanol–water partition coefficient (Wildman–Crippen LogP) is 1.79. The van der Waals surface area contributed by atoms with Crippen molar-refractivity contribution in [2.45, 2.75) is 18.9 Å². The van der Waals surface area contributed by atoms with E-state index in [9.17, 15) is 4.79 Å². The first-order valence-corrected chi connectivity index (χ1v) is 6.35. The van der Waals surface area contributed by atoms with Gasteiger partial charge in [0.2, 0.25) is 0 Å². The molecule has 2 aromatic heterocycles. The van der Waals surface area contributed by atoms with Gasteiger partial charge in [-0.1, -0.05) is 11.6 Å². The number of nitrogens with zero attached hydrogens (tertiary/aromatic N) is 5. The molecule has 7 nitrogen and oxygen atoms in total. The Hall–Kier alpha value is -1.89. The average molecular weight is 282 g/mol. The van der Waals surface area contributed by atoms with E-state index >= 15 is 0 Å². The minimum absolute atomic E-state index is 0.201. The van der Waals surface area contributed by atoms with E-state index in [0.717, 1.165) is 12.8 Å². The Labute approximate surface area is 113 Å². The van der Waals surface area contributed by atoms with Crippen LogP contribution in [0.5, 0.6) is 0 Å². The molecule has 19 heavy (non-hydrogen) atoms. The molecule has 1 fully saturated rings. The van der Waals surface area contributed by atoms with Crippen LogP contribution in [0.2, 0.25) is 5.15 Å². The van der Waals surface area contributed by atoms with E-state index in [2.05, 4.69) is 15.0 Å². The first-order valence-electron chi connectivity index (χ1n) is 5.97. The lowest BCUT2D eigenvalue weighted by Crippen LogP contribution is -2.38. The Morgan fingerprint density at radius 2 is 2.05 bits per heavy atom. The Morgan fingerprint density at radius 3 is 2.74 bits per heavy atom. The average Bonchev–Trinajstić information content (AvgIpc) is 2.84. The summed E-state index contributed by atoms with van der Waals surface area (Å²) < 4.78 is 1.96. The highest BCUT2D eigenvalue weighted by atomic mass is 35.5. The molecule has 1 amide bonds. The van der Waals surface area contributed by atoms with Crippen LogP contribution in [0, 0.1) is 0 Å². The second kappa shape index (κ2) is 4.65. The highest BCUT2D eigenvalue weighted by Crippen LogP contribution is 2.27. The second-order valence-electron chi connectivity index (χ2n) is 4.49. The van der Waals surface area contributed by atoms with Crippen LogP contribution in [0.25, 0.3) is 11.2 Å². The van der Waals surface area contributed by atoms with Crippen LogP contribution in [-0.2, 0) is 0 Å². The highest BCUT2D eigenvalue weighted by molar-refractivity contribution is 6.33. The van der Waals surface area contributed by atoms with E-state index in [0.29, 0.717) is 29.4 Å². The van der Waals surface area contributed by atoms with E-state index in [4.69, 9.17) is 16.7 Å². The molecule has 3 rings (SSSR count). The van der Waals surface area contributed by atoms with Crippen LogP contribution in [-0.4, -0.2) is 48.7 Å². The van der Waals surface area contributed by atoms with Crippen LogP contribution in [0.3, 0.4) is 0 Å². The van der Waals surface area contributed by atoms with Gasteiger partial charge in [0.1, 0.15) is 11.8 Å². The van der Waals surface area contributed by atoms with Crippen molar-refractivity contribution in [1.29, 1.82) is 0 Å². The molecule has 0 radical (unpaired) electrons. The van der Waals surface area contributed by atoms with Crippen molar-refractivity contribution in [3.05, 3.63) is 17.8 Å². The largest absolute Gasteiger partial charge is 0.465 e. The number of carboxylic acid groups (broad SMARTS) is 1. The van der Waals surface area contributed by atoms with Gasteiger partial charge in [-0.25, -0.2) is 19.7 Å². The fourth-order valence-electron chi connectivity index (χ4n) is 2.43. The van der Waals surface area contributed by atoms with Gasteiger partial charge in [0.25, 0.3) is 0 Å². The minimum atomic E-state index is -0.862. The van der Waals surface area contributed by atoms with Crippen LogP contribution in [0.4, 0.5) is 4.79 Å². The van der Waals surface area contributed by atoms with Gasteiger partial charge >= 0.3 is 6.09 Å². The number of fused-ring (bicyclic) bond motifs is 1. The summed E-state index contributed by atoms with van der Waals surface area (Å²) in [4.78, 5) is 24.6. The van der Waals surface area contributed by atoms with Gasteiger partial charge in [-0.3, -0.25) is 0 Å². The van der Waals surface area contributed by atoms with Crippen LogP contribution >= 0.6 is 11.6 Å². The fourth-order valence-corrected chi connectivity index (χ4v) is 2.60. The molecule has 1 aliphatic rings. The molecule has 1 N–H and O–H groups in total. The zero-order valence-electron chi connectivity index (χ0n) is 10.0. The van der Waals surface area contributed by atoms with Crippen molar-refractivity contribution in [1.82, 2.24) is 24.4 Å². The lowest BCUT2D eigenvalue weighted by atomic mass is 10.1. The maximum atomic E-state index is 10.9. The molecule has 100 valence electrons. The molecule has 3 heterocycles. The Bertz CT molecular complexity index is 621. The molecule has 0 bridgehead atoms. The van der Waals surface area contributed by atoms with Gasteiger partial charge in [-0.15, -0.1) is 0 Å². The number of likely N-dealkylation sites (tertiary alicyclic amines) is 1. The monoisotopic (exact) mass is 281 g/mol. The number of carbonyl (C=O) groups is 1. The Balaban J connectivity index is 1.86. The molecule has 1 saturated heterocycles. The minimum Gasteiger partial charge on any atom is -0.465 e. The quantitative estimate of drug-likeness (QED) is 0.806. The number of hydrogen-bond donors (Lipinski definition) is 1. The molecule has 0 aromatic carbocycles. The third-order valence-corrected chi connectivity index (χ3v) is 3.72. The number of amides is 1. The van der Waals surface area contributed by atoms with Crippen LogP contribution < -0.4 is 0 Å². The SMILES string of the molecule is O=C(O)N1CCC(n2cnc3c(Cl)ncnc32)CC1. The number of hydrogen-bond acceptors (Lipinski definition) is 4. The summed E-state index contributed by atoms with van der Waals surface area (Å²) in [5.41, 5.74) is 1.29. The summed E-state index contributed by atoms with van der Waals surface area (Å²) in [5, 5.41) is 9.27. The van der Waals surface area contributed by atoms with Gasteiger partial charge in [-0.2, -0.15) is 0 Å². The number of halogens is 1. The topological polar surface area (TPSA) is 84.1 Å². The third kappa shape index (κ3) is 2.10. The van der Waals surface area contributed by atoms with Crippen LogP contribution in [0.15, 0.2) is 12.7 Å². The zero-order chi connectivity index (χ0) is 13.4. The van der Waals surface area contributed by atoms with Gasteiger partial charge in [-0.05, 0) is 12.8 Å². The summed E-state index contributed by atoms with van der Waals surface area (Å²) in [6.07, 6.45) is 3.75. The van der Waals surface area contributed by atoms with Crippen molar-refractivity contribution >= 4 is 28.9 Å². The smallest absolute Gasteiger partial charge is 0.407 e. The molecule has 0 atom stereocenters. The van der Waals surface area contributed by atoms with Crippen molar-refractivity contribution < 1.29 is 9.90 Å². The van der Waals surface area contributed by atoms with Gasteiger partial charge in [0.15, 0.2) is 10.8 Å².